The van der Waals surface area contributed by atoms with E-state index in [-0.39, 0.29) is 23.6 Å². The van der Waals surface area contributed by atoms with Crippen LogP contribution >= 0.6 is 0 Å². The summed E-state index contributed by atoms with van der Waals surface area (Å²) in [5.41, 5.74) is 3.70. The Morgan fingerprint density at radius 2 is 1.90 bits per heavy atom. The number of anilines is 1. The van der Waals surface area contributed by atoms with Gasteiger partial charge in [0.2, 0.25) is 11.8 Å². The topological polar surface area (TPSA) is 81.9 Å². The lowest BCUT2D eigenvalue weighted by Gasteiger charge is -2.15. The molecule has 7 nitrogen and oxygen atoms in total. The molecule has 4 aromatic rings. The molecular formula is C28H22F5N5O2. The first kappa shape index (κ1) is 27.0. The van der Waals surface area contributed by atoms with Gasteiger partial charge < -0.3 is 10.1 Å². The number of nitrogens with one attached hydrogen (secondary N) is 1. The van der Waals surface area contributed by atoms with E-state index in [1.807, 2.05) is 12.1 Å². The minimum absolute atomic E-state index is 0.0255. The van der Waals surface area contributed by atoms with Crippen LogP contribution < -0.4 is 10.1 Å². The van der Waals surface area contributed by atoms with Gasteiger partial charge in [0, 0.05) is 36.9 Å². The second-order valence-corrected chi connectivity index (χ2v) is 9.29. The molecule has 1 N–H and O–H groups in total. The Bertz CT molecular complexity index is 1630. The van der Waals surface area contributed by atoms with Crippen LogP contribution in [0.4, 0.5) is 27.6 Å². The molecule has 0 atom stereocenters. The Morgan fingerprint density at radius 3 is 2.58 bits per heavy atom. The highest BCUT2D eigenvalue weighted by atomic mass is 19.3. The number of alkyl halides is 4. The molecule has 3 heterocycles. The number of allylic oxidation sites excluding steroid dienone is 1. The number of hydrogen-bond acceptors (Lipinski definition) is 5. The third-order valence-corrected chi connectivity index (χ3v) is 6.40. The molecule has 1 aromatic carbocycles. The molecule has 0 saturated carbocycles. The maximum absolute atomic E-state index is 15.0. The molecule has 0 spiro atoms. The van der Waals surface area contributed by atoms with Gasteiger partial charge in [-0.2, -0.15) is 13.9 Å². The first-order valence-corrected chi connectivity index (χ1v) is 12.0. The number of ether oxygens (including phenoxy) is 1. The fourth-order valence-corrected chi connectivity index (χ4v) is 4.40. The standard InChI is InChI=1S/C28H22F5N5O2/c1-28(32,33)22-10-21(13-35-26(22)40-2)37-25(39)9-16-4-3-15(7-23(16)29)19-6-18-5-17(8-24(18)34-11-19)20-12-36-38(14-20)27(30)31/h3-7,10-14,27H,8-9H2,1-2H3,(H,37,39). The fraction of sp³-hybridized carbons (Fsp3) is 0.214. The van der Waals surface area contributed by atoms with Crippen molar-refractivity contribution >= 4 is 23.2 Å². The zero-order chi connectivity index (χ0) is 28.6. The number of fused-ring (bicyclic) bond motifs is 1. The summed E-state index contributed by atoms with van der Waals surface area (Å²) in [4.78, 5) is 20.8. The summed E-state index contributed by atoms with van der Waals surface area (Å²) in [6, 6.07) is 7.28. The molecule has 5 rings (SSSR count). The van der Waals surface area contributed by atoms with Gasteiger partial charge in [-0.25, -0.2) is 22.8 Å². The van der Waals surface area contributed by atoms with Crippen molar-refractivity contribution in [1.82, 2.24) is 19.7 Å². The number of carbonyl (C=O) groups is 1. The second-order valence-electron chi connectivity index (χ2n) is 9.29. The SMILES string of the molecule is COc1ncc(NC(=O)Cc2ccc(-c3cnc4c(c3)C=C(c3cnn(C(F)F)c3)C4)cc2F)cc1C(C)(F)F. The summed E-state index contributed by atoms with van der Waals surface area (Å²) in [6.07, 6.45) is 7.37. The number of hydrogen-bond donors (Lipinski definition) is 1. The van der Waals surface area contributed by atoms with Crippen LogP contribution in [-0.4, -0.2) is 32.8 Å². The van der Waals surface area contributed by atoms with E-state index in [1.165, 1.54) is 37.8 Å². The number of amides is 1. The monoisotopic (exact) mass is 555 g/mol. The van der Waals surface area contributed by atoms with E-state index in [0.717, 1.165) is 22.9 Å². The summed E-state index contributed by atoms with van der Waals surface area (Å²) in [5.74, 6) is -4.75. The largest absolute Gasteiger partial charge is 0.481 e. The van der Waals surface area contributed by atoms with Gasteiger partial charge >= 0.3 is 6.55 Å². The highest BCUT2D eigenvalue weighted by Crippen LogP contribution is 2.35. The fourth-order valence-electron chi connectivity index (χ4n) is 4.40. The van der Waals surface area contributed by atoms with Gasteiger partial charge in [0.1, 0.15) is 5.82 Å². The van der Waals surface area contributed by atoms with E-state index < -0.39 is 29.8 Å². The number of rotatable bonds is 8. The van der Waals surface area contributed by atoms with E-state index in [9.17, 15) is 26.7 Å². The van der Waals surface area contributed by atoms with Crippen LogP contribution in [-0.2, 0) is 23.6 Å². The Kier molecular flexibility index (Phi) is 7.09. The first-order chi connectivity index (χ1) is 19.0. The van der Waals surface area contributed by atoms with Gasteiger partial charge in [0.15, 0.2) is 0 Å². The number of pyridine rings is 2. The van der Waals surface area contributed by atoms with Crippen molar-refractivity contribution in [2.24, 2.45) is 0 Å². The molecule has 0 saturated heterocycles. The van der Waals surface area contributed by atoms with Gasteiger partial charge in [-0.3, -0.25) is 9.78 Å². The normalized spacial score (nSPS) is 12.8. The summed E-state index contributed by atoms with van der Waals surface area (Å²) < 4.78 is 73.9. The van der Waals surface area contributed by atoms with E-state index in [1.54, 1.807) is 12.3 Å². The zero-order valence-corrected chi connectivity index (χ0v) is 21.3. The third-order valence-electron chi connectivity index (χ3n) is 6.40. The number of methoxy groups -OCH3 is 1. The molecule has 1 aliphatic carbocycles. The van der Waals surface area contributed by atoms with E-state index in [2.05, 4.69) is 20.4 Å². The maximum Gasteiger partial charge on any atom is 0.333 e. The number of carbonyl (C=O) groups excluding carboxylic acids is 1. The quantitative estimate of drug-likeness (QED) is 0.259. The van der Waals surface area contributed by atoms with Crippen LogP contribution in [0.1, 0.15) is 41.4 Å². The molecule has 0 unspecified atom stereocenters. The lowest BCUT2D eigenvalue weighted by atomic mass is 10.0. The summed E-state index contributed by atoms with van der Waals surface area (Å²) in [7, 11) is 1.21. The highest BCUT2D eigenvalue weighted by molar-refractivity contribution is 5.92. The minimum Gasteiger partial charge on any atom is -0.481 e. The van der Waals surface area contributed by atoms with E-state index in [4.69, 9.17) is 4.74 Å². The van der Waals surface area contributed by atoms with Crippen LogP contribution in [0, 0.1) is 5.82 Å². The smallest absolute Gasteiger partial charge is 0.333 e. The summed E-state index contributed by atoms with van der Waals surface area (Å²) in [5, 5.41) is 6.13. The molecular weight excluding hydrogens is 533 g/mol. The molecule has 0 radical (unpaired) electrons. The molecule has 0 bridgehead atoms. The average Bonchev–Trinajstić information content (AvgIpc) is 3.56. The Labute approximate surface area is 225 Å². The van der Waals surface area contributed by atoms with Crippen LogP contribution in [0.2, 0.25) is 0 Å². The zero-order valence-electron chi connectivity index (χ0n) is 21.3. The van der Waals surface area contributed by atoms with Crippen molar-refractivity contribution in [3.05, 3.63) is 88.9 Å². The predicted molar refractivity (Wildman–Crippen MR) is 137 cm³/mol. The lowest BCUT2D eigenvalue weighted by Crippen LogP contribution is -2.17. The highest BCUT2D eigenvalue weighted by Gasteiger charge is 2.30. The third kappa shape index (κ3) is 5.56. The van der Waals surface area contributed by atoms with Crippen molar-refractivity contribution in [1.29, 1.82) is 0 Å². The molecule has 1 aliphatic rings. The number of nitrogens with zero attached hydrogens (tertiary/aromatic N) is 4. The van der Waals surface area contributed by atoms with Crippen molar-refractivity contribution in [3.8, 4) is 17.0 Å². The first-order valence-electron chi connectivity index (χ1n) is 12.0. The molecule has 0 fully saturated rings. The molecule has 12 heteroatoms. The van der Waals surface area contributed by atoms with Crippen LogP contribution in [0.5, 0.6) is 5.88 Å². The van der Waals surface area contributed by atoms with Crippen LogP contribution in [0.25, 0.3) is 22.8 Å². The Hall–Kier alpha value is -4.61. The molecule has 1 amide bonds. The van der Waals surface area contributed by atoms with Gasteiger partial charge in [-0.05, 0) is 46.5 Å². The predicted octanol–water partition coefficient (Wildman–Crippen LogP) is 6.27. The number of benzene rings is 1. The van der Waals surface area contributed by atoms with Crippen molar-refractivity contribution in [3.63, 3.8) is 0 Å². The molecule has 3 aromatic heterocycles. The molecule has 40 heavy (non-hydrogen) atoms. The molecule has 0 aliphatic heterocycles. The van der Waals surface area contributed by atoms with Crippen molar-refractivity contribution < 1.29 is 31.5 Å². The minimum atomic E-state index is -3.25. The lowest BCUT2D eigenvalue weighted by molar-refractivity contribution is -0.115. The van der Waals surface area contributed by atoms with Gasteiger partial charge in [-0.15, -0.1) is 0 Å². The van der Waals surface area contributed by atoms with Crippen molar-refractivity contribution in [2.45, 2.75) is 32.2 Å². The molecule has 206 valence electrons. The number of aromatic nitrogens is 4. The average molecular weight is 556 g/mol. The number of halogens is 5. The van der Waals surface area contributed by atoms with Gasteiger partial charge in [0.25, 0.3) is 5.92 Å². The van der Waals surface area contributed by atoms with Crippen molar-refractivity contribution in [2.75, 3.05) is 12.4 Å². The van der Waals surface area contributed by atoms with E-state index >= 15 is 0 Å². The van der Waals surface area contributed by atoms with Crippen LogP contribution in [0.3, 0.4) is 0 Å². The van der Waals surface area contributed by atoms with Gasteiger partial charge in [0.05, 0.1) is 42.9 Å². The van der Waals surface area contributed by atoms with Gasteiger partial charge in [-0.1, -0.05) is 12.1 Å². The Balaban J connectivity index is 1.30. The van der Waals surface area contributed by atoms with Crippen LogP contribution in [0.15, 0.2) is 55.1 Å². The summed E-state index contributed by atoms with van der Waals surface area (Å²) in [6.45, 7) is -2.04. The summed E-state index contributed by atoms with van der Waals surface area (Å²) >= 11 is 0. The van der Waals surface area contributed by atoms with E-state index in [0.29, 0.717) is 34.7 Å². The maximum atomic E-state index is 15.0. The second kappa shape index (κ2) is 10.5. The Morgan fingerprint density at radius 1 is 1.10 bits per heavy atom.